The molecule has 1 aromatic carbocycles. The summed E-state index contributed by atoms with van der Waals surface area (Å²) in [5, 5.41) is 0. The molecule has 3 rings (SSSR count). The van der Waals surface area contributed by atoms with Crippen LogP contribution in [0.3, 0.4) is 0 Å². The highest BCUT2D eigenvalue weighted by Crippen LogP contribution is 2.42. The molecular formula is C15H16N2O3S. The van der Waals surface area contributed by atoms with Crippen LogP contribution < -0.4 is 4.72 Å². The third-order valence-electron chi connectivity index (χ3n) is 3.86. The number of aromatic nitrogens is 1. The molecule has 0 spiro atoms. The Labute approximate surface area is 123 Å². The van der Waals surface area contributed by atoms with Crippen molar-refractivity contribution in [3.8, 4) is 5.69 Å². The Morgan fingerprint density at radius 2 is 1.76 bits per heavy atom. The van der Waals surface area contributed by atoms with Crippen molar-refractivity contribution in [2.24, 2.45) is 0 Å². The van der Waals surface area contributed by atoms with Gasteiger partial charge in [0.15, 0.2) is 0 Å². The molecule has 1 amide bonds. The lowest BCUT2D eigenvalue weighted by atomic mass is 10.1. The van der Waals surface area contributed by atoms with Crippen LogP contribution in [0.4, 0.5) is 0 Å². The molecule has 6 heteroatoms. The number of carbonyl (C=O) groups is 1. The van der Waals surface area contributed by atoms with Gasteiger partial charge in [-0.25, -0.2) is 13.1 Å². The number of amides is 1. The van der Waals surface area contributed by atoms with E-state index in [0.29, 0.717) is 24.1 Å². The van der Waals surface area contributed by atoms with Crippen molar-refractivity contribution >= 4 is 15.9 Å². The second-order valence-corrected chi connectivity index (χ2v) is 7.69. The van der Waals surface area contributed by atoms with E-state index in [2.05, 4.69) is 4.72 Å². The zero-order valence-corrected chi connectivity index (χ0v) is 12.4. The van der Waals surface area contributed by atoms with E-state index in [1.165, 1.54) is 0 Å². The van der Waals surface area contributed by atoms with Gasteiger partial charge < -0.3 is 4.57 Å². The van der Waals surface area contributed by atoms with Gasteiger partial charge >= 0.3 is 0 Å². The van der Waals surface area contributed by atoms with E-state index >= 15 is 0 Å². The Hall–Kier alpha value is -2.08. The molecule has 1 N–H and O–H groups in total. The van der Waals surface area contributed by atoms with Gasteiger partial charge in [-0.2, -0.15) is 0 Å². The molecule has 0 bridgehead atoms. The first kappa shape index (κ1) is 13.9. The molecule has 0 aliphatic heterocycles. The molecule has 0 atom stereocenters. The number of para-hydroxylation sites is 1. The number of hydrogen-bond donors (Lipinski definition) is 1. The molecule has 1 heterocycles. The number of nitrogens with one attached hydrogen (secondary N) is 1. The Morgan fingerprint density at radius 3 is 2.38 bits per heavy atom. The van der Waals surface area contributed by atoms with Crippen molar-refractivity contribution in [2.45, 2.75) is 24.5 Å². The summed E-state index contributed by atoms with van der Waals surface area (Å²) < 4.78 is 27.5. The summed E-state index contributed by atoms with van der Waals surface area (Å²) in [6.45, 7) is 1.65. The van der Waals surface area contributed by atoms with E-state index < -0.39 is 20.7 Å². The molecule has 21 heavy (non-hydrogen) atoms. The minimum atomic E-state index is -3.63. The van der Waals surface area contributed by atoms with Crippen molar-refractivity contribution < 1.29 is 13.2 Å². The van der Waals surface area contributed by atoms with Gasteiger partial charge in [0, 0.05) is 12.4 Å². The maximum absolute atomic E-state index is 12.3. The minimum absolute atomic E-state index is 0.335. The van der Waals surface area contributed by atoms with Crippen molar-refractivity contribution in [3.05, 3.63) is 54.4 Å². The van der Waals surface area contributed by atoms with Gasteiger partial charge in [0.05, 0.1) is 16.0 Å². The highest BCUT2D eigenvalue weighted by atomic mass is 32.2. The zero-order valence-electron chi connectivity index (χ0n) is 11.6. The lowest BCUT2D eigenvalue weighted by molar-refractivity contribution is 0.0981. The van der Waals surface area contributed by atoms with Crippen molar-refractivity contribution in [1.82, 2.24) is 9.29 Å². The molecule has 110 valence electrons. The first-order chi connectivity index (χ1) is 9.93. The second-order valence-electron chi connectivity index (χ2n) is 5.49. The molecule has 1 aliphatic carbocycles. The van der Waals surface area contributed by atoms with Crippen LogP contribution in [0.15, 0.2) is 48.8 Å². The van der Waals surface area contributed by atoms with Crippen LogP contribution in [-0.4, -0.2) is 23.6 Å². The maximum atomic E-state index is 12.3. The summed E-state index contributed by atoms with van der Waals surface area (Å²) in [7, 11) is -3.63. The van der Waals surface area contributed by atoms with Crippen LogP contribution in [0, 0.1) is 0 Å². The molecule has 0 radical (unpaired) electrons. The monoisotopic (exact) mass is 304 g/mol. The molecule has 1 aliphatic rings. The van der Waals surface area contributed by atoms with E-state index in [1.54, 1.807) is 29.7 Å². The second kappa shape index (κ2) is 4.73. The lowest BCUT2D eigenvalue weighted by Gasteiger charge is -2.14. The first-order valence-electron chi connectivity index (χ1n) is 6.72. The number of benzene rings is 1. The van der Waals surface area contributed by atoms with E-state index in [1.807, 2.05) is 30.6 Å². The lowest BCUT2D eigenvalue weighted by Crippen LogP contribution is -2.38. The number of nitrogens with zero attached hydrogens (tertiary/aromatic N) is 1. The number of rotatable bonds is 4. The topological polar surface area (TPSA) is 68.2 Å². The highest BCUT2D eigenvalue weighted by Gasteiger charge is 2.50. The summed E-state index contributed by atoms with van der Waals surface area (Å²) in [5.74, 6) is -0.590. The Balaban J connectivity index is 1.93. The van der Waals surface area contributed by atoms with Gasteiger partial charge in [-0.3, -0.25) is 4.79 Å². The van der Waals surface area contributed by atoms with E-state index in [-0.39, 0.29) is 0 Å². The summed E-state index contributed by atoms with van der Waals surface area (Å²) in [5.41, 5.74) is 0.984. The molecule has 5 nitrogen and oxygen atoms in total. The maximum Gasteiger partial charge on any atom is 0.266 e. The van der Waals surface area contributed by atoms with Gasteiger partial charge in [-0.1, -0.05) is 12.1 Å². The van der Waals surface area contributed by atoms with Crippen LogP contribution in [0.1, 0.15) is 30.1 Å². The molecule has 2 aromatic rings. The molecule has 1 aromatic heterocycles. The number of sulfonamides is 1. The fourth-order valence-corrected chi connectivity index (χ4v) is 3.37. The average Bonchev–Trinajstić information content (AvgIpc) is 3.02. The Bertz CT molecular complexity index is 775. The van der Waals surface area contributed by atoms with Crippen LogP contribution in [-0.2, 0) is 10.0 Å². The van der Waals surface area contributed by atoms with Crippen LogP contribution in [0.25, 0.3) is 5.69 Å². The number of carbonyl (C=O) groups excluding carboxylic acids is 1. The SMILES string of the molecule is CC1(S(=O)(=O)NC(=O)c2ccccc2-n2cccc2)CC1. The molecule has 1 fully saturated rings. The average molecular weight is 304 g/mol. The van der Waals surface area contributed by atoms with E-state index in [0.717, 1.165) is 0 Å². The third kappa shape index (κ3) is 2.47. The molecule has 0 unspecified atom stereocenters. The minimum Gasteiger partial charge on any atom is -0.323 e. The Kier molecular flexibility index (Phi) is 3.13. The first-order valence-corrected chi connectivity index (χ1v) is 8.20. The standard InChI is InChI=1S/C15H16N2O3S/c1-15(8-9-15)21(19,20)16-14(18)12-6-2-3-7-13(12)17-10-4-5-11-17/h2-7,10-11H,8-9H2,1H3,(H,16,18). The van der Waals surface area contributed by atoms with E-state index in [9.17, 15) is 13.2 Å². The van der Waals surface area contributed by atoms with Crippen LogP contribution >= 0.6 is 0 Å². The summed E-state index contributed by atoms with van der Waals surface area (Å²) in [6.07, 6.45) is 4.80. The number of hydrogen-bond acceptors (Lipinski definition) is 3. The fourth-order valence-electron chi connectivity index (χ4n) is 2.13. The molecule has 0 saturated heterocycles. The van der Waals surface area contributed by atoms with Crippen LogP contribution in [0.2, 0.25) is 0 Å². The van der Waals surface area contributed by atoms with Crippen molar-refractivity contribution in [2.75, 3.05) is 0 Å². The van der Waals surface area contributed by atoms with Gasteiger partial charge in [0.2, 0.25) is 10.0 Å². The van der Waals surface area contributed by atoms with E-state index in [4.69, 9.17) is 0 Å². The quantitative estimate of drug-likeness (QED) is 0.940. The third-order valence-corrected chi connectivity index (χ3v) is 6.02. The smallest absolute Gasteiger partial charge is 0.266 e. The summed E-state index contributed by atoms with van der Waals surface area (Å²) >= 11 is 0. The summed E-state index contributed by atoms with van der Waals surface area (Å²) in [4.78, 5) is 12.3. The molecular weight excluding hydrogens is 288 g/mol. The summed E-state index contributed by atoms with van der Waals surface area (Å²) in [6, 6.07) is 10.6. The Morgan fingerprint density at radius 1 is 1.14 bits per heavy atom. The van der Waals surface area contributed by atoms with Crippen molar-refractivity contribution in [3.63, 3.8) is 0 Å². The highest BCUT2D eigenvalue weighted by molar-refractivity contribution is 7.91. The van der Waals surface area contributed by atoms with Gasteiger partial charge in [0.25, 0.3) is 5.91 Å². The van der Waals surface area contributed by atoms with Crippen LogP contribution in [0.5, 0.6) is 0 Å². The fraction of sp³-hybridized carbons (Fsp3) is 0.267. The van der Waals surface area contributed by atoms with Gasteiger partial charge in [-0.15, -0.1) is 0 Å². The largest absolute Gasteiger partial charge is 0.323 e. The predicted octanol–water partition coefficient (Wildman–Crippen LogP) is 2.09. The molecule has 1 saturated carbocycles. The normalized spacial score (nSPS) is 16.4. The zero-order chi connectivity index (χ0) is 15.1. The van der Waals surface area contributed by atoms with Gasteiger partial charge in [-0.05, 0) is 44.0 Å². The van der Waals surface area contributed by atoms with Gasteiger partial charge in [0.1, 0.15) is 0 Å². The predicted molar refractivity (Wildman–Crippen MR) is 79.8 cm³/mol. The van der Waals surface area contributed by atoms with Crippen molar-refractivity contribution in [1.29, 1.82) is 0 Å².